The molecule has 2 heterocycles. The number of nitrogens with zero attached hydrogens (tertiary/aromatic N) is 3. The monoisotopic (exact) mass is 438 g/mol. The Kier molecular flexibility index (Phi) is 6.02. The lowest BCUT2D eigenvalue weighted by molar-refractivity contribution is -0.383. The number of anilines is 2. The van der Waals surface area contributed by atoms with Crippen LogP contribution in [-0.4, -0.2) is 41.0 Å². The number of ether oxygens (including phenoxy) is 1. The van der Waals surface area contributed by atoms with E-state index < -0.39 is 22.9 Å². The molecule has 32 heavy (non-hydrogen) atoms. The predicted molar refractivity (Wildman–Crippen MR) is 116 cm³/mol. The van der Waals surface area contributed by atoms with Gasteiger partial charge < -0.3 is 19.4 Å². The minimum atomic E-state index is -1.09. The molecular formula is C22H22N4O6. The van der Waals surface area contributed by atoms with Crippen LogP contribution in [0.25, 0.3) is 11.1 Å². The van der Waals surface area contributed by atoms with Gasteiger partial charge >= 0.3 is 5.97 Å². The number of carbonyl (C=O) groups excluding carboxylic acids is 2. The van der Waals surface area contributed by atoms with E-state index in [9.17, 15) is 19.7 Å². The molecule has 4 rings (SSSR count). The smallest absolute Gasteiger partial charge is 0.309 e. The van der Waals surface area contributed by atoms with E-state index in [0.29, 0.717) is 37.5 Å². The molecule has 1 N–H and O–H groups in total. The predicted octanol–water partition coefficient (Wildman–Crippen LogP) is 3.52. The first kappa shape index (κ1) is 21.3. The van der Waals surface area contributed by atoms with Crippen LogP contribution in [0.15, 0.2) is 52.9 Å². The molecule has 0 saturated carbocycles. The Bertz CT molecular complexity index is 1120. The van der Waals surface area contributed by atoms with Crippen molar-refractivity contribution in [2.24, 2.45) is 5.92 Å². The van der Waals surface area contributed by atoms with E-state index in [1.807, 2.05) is 29.2 Å². The maximum atomic E-state index is 12.6. The number of piperidine rings is 1. The van der Waals surface area contributed by atoms with Crippen LogP contribution in [-0.2, 0) is 14.3 Å². The van der Waals surface area contributed by atoms with E-state index in [1.54, 1.807) is 6.07 Å². The Hall–Kier alpha value is -3.95. The fourth-order valence-electron chi connectivity index (χ4n) is 3.60. The summed E-state index contributed by atoms with van der Waals surface area (Å²) in [5, 5.41) is 13.5. The number of nitro groups is 1. The molecule has 0 spiro atoms. The lowest BCUT2D eigenvalue weighted by Gasteiger charge is -2.30. The van der Waals surface area contributed by atoms with Crippen LogP contribution in [0.4, 0.5) is 17.4 Å². The molecule has 0 aliphatic carbocycles. The fraction of sp³-hybridized carbons (Fsp3) is 0.318. The summed E-state index contributed by atoms with van der Waals surface area (Å²) in [6, 6.07) is 13.8. The van der Waals surface area contributed by atoms with Gasteiger partial charge in [-0.25, -0.2) is 0 Å². The second-order valence-corrected chi connectivity index (χ2v) is 7.57. The van der Waals surface area contributed by atoms with E-state index in [4.69, 9.17) is 9.15 Å². The van der Waals surface area contributed by atoms with E-state index in [0.717, 1.165) is 5.52 Å². The minimum absolute atomic E-state index is 0.0528. The summed E-state index contributed by atoms with van der Waals surface area (Å²) in [5.41, 5.74) is 1.31. The van der Waals surface area contributed by atoms with Crippen molar-refractivity contribution in [1.29, 1.82) is 0 Å². The van der Waals surface area contributed by atoms with Crippen LogP contribution in [0, 0.1) is 16.0 Å². The van der Waals surface area contributed by atoms with Gasteiger partial charge in [0.05, 0.1) is 10.8 Å². The van der Waals surface area contributed by atoms with Crippen LogP contribution >= 0.6 is 0 Å². The molecular weight excluding hydrogens is 416 g/mol. The Balaban J connectivity index is 1.30. The molecule has 1 fully saturated rings. The molecule has 10 heteroatoms. The molecule has 1 aliphatic rings. The van der Waals surface area contributed by atoms with Crippen molar-refractivity contribution in [3.63, 3.8) is 0 Å². The topological polar surface area (TPSA) is 128 Å². The second-order valence-electron chi connectivity index (χ2n) is 7.57. The average molecular weight is 438 g/mol. The molecule has 1 unspecified atom stereocenters. The van der Waals surface area contributed by atoms with Crippen LogP contribution in [0.1, 0.15) is 19.8 Å². The first-order valence-corrected chi connectivity index (χ1v) is 10.3. The van der Waals surface area contributed by atoms with E-state index in [-0.39, 0.29) is 17.3 Å². The first-order chi connectivity index (χ1) is 15.4. The average Bonchev–Trinajstić information content (AvgIpc) is 3.23. The number of hydrogen-bond donors (Lipinski definition) is 1. The zero-order valence-electron chi connectivity index (χ0n) is 17.4. The van der Waals surface area contributed by atoms with Crippen LogP contribution in [0.2, 0.25) is 0 Å². The van der Waals surface area contributed by atoms with Gasteiger partial charge in [-0.1, -0.05) is 24.3 Å². The van der Waals surface area contributed by atoms with Gasteiger partial charge in [-0.2, -0.15) is 4.98 Å². The summed E-state index contributed by atoms with van der Waals surface area (Å²) < 4.78 is 11.1. The lowest BCUT2D eigenvalue weighted by Crippen LogP contribution is -2.39. The maximum Gasteiger partial charge on any atom is 0.309 e. The van der Waals surface area contributed by atoms with Gasteiger partial charge in [0.2, 0.25) is 0 Å². The third kappa shape index (κ3) is 4.53. The number of nitro benzene ring substituents is 1. The van der Waals surface area contributed by atoms with Gasteiger partial charge in [0.25, 0.3) is 17.6 Å². The quantitative estimate of drug-likeness (QED) is 0.352. The molecule has 1 aliphatic heterocycles. The van der Waals surface area contributed by atoms with E-state index >= 15 is 0 Å². The molecule has 1 atom stereocenters. The first-order valence-electron chi connectivity index (χ1n) is 10.3. The highest BCUT2D eigenvalue weighted by Gasteiger charge is 2.30. The highest BCUT2D eigenvalue weighted by Crippen LogP contribution is 2.27. The third-order valence-corrected chi connectivity index (χ3v) is 5.40. The highest BCUT2D eigenvalue weighted by atomic mass is 16.6. The lowest BCUT2D eigenvalue weighted by atomic mass is 9.97. The van der Waals surface area contributed by atoms with Crippen molar-refractivity contribution in [2.45, 2.75) is 25.9 Å². The molecule has 3 aromatic rings. The number of oxazole rings is 1. The SMILES string of the molecule is CC(OC(=O)C1CCN(c2nc3ccccc3o2)CC1)C(=O)Nc1ccccc1[N+](=O)[O-]. The van der Waals surface area contributed by atoms with Crippen molar-refractivity contribution < 1.29 is 23.7 Å². The molecule has 2 aromatic carbocycles. The van der Waals surface area contributed by atoms with Gasteiger partial charge in [0, 0.05) is 19.2 Å². The summed E-state index contributed by atoms with van der Waals surface area (Å²) in [6.07, 6.45) is -0.0103. The van der Waals surface area contributed by atoms with Gasteiger partial charge in [0.15, 0.2) is 11.7 Å². The van der Waals surface area contributed by atoms with Crippen molar-refractivity contribution in [3.05, 3.63) is 58.6 Å². The summed E-state index contributed by atoms with van der Waals surface area (Å²) in [7, 11) is 0. The summed E-state index contributed by atoms with van der Waals surface area (Å²) in [4.78, 5) is 41.9. The molecule has 0 radical (unpaired) electrons. The van der Waals surface area contributed by atoms with Crippen molar-refractivity contribution in [1.82, 2.24) is 4.98 Å². The Labute approximate surface area is 183 Å². The molecule has 166 valence electrons. The fourth-order valence-corrected chi connectivity index (χ4v) is 3.60. The number of esters is 1. The van der Waals surface area contributed by atoms with Crippen LogP contribution < -0.4 is 10.2 Å². The normalized spacial score (nSPS) is 15.3. The number of hydrogen-bond acceptors (Lipinski definition) is 8. The highest BCUT2D eigenvalue weighted by molar-refractivity contribution is 5.97. The number of rotatable bonds is 6. The number of amides is 1. The van der Waals surface area contributed by atoms with Crippen molar-refractivity contribution in [3.8, 4) is 0 Å². The Morgan fingerprint density at radius 1 is 1.19 bits per heavy atom. The minimum Gasteiger partial charge on any atom is -0.452 e. The van der Waals surface area contributed by atoms with E-state index in [1.165, 1.54) is 25.1 Å². The number of benzene rings is 2. The maximum absolute atomic E-state index is 12.6. The van der Waals surface area contributed by atoms with Crippen molar-refractivity contribution >= 4 is 40.4 Å². The Morgan fingerprint density at radius 3 is 2.59 bits per heavy atom. The zero-order valence-corrected chi connectivity index (χ0v) is 17.4. The van der Waals surface area contributed by atoms with Gasteiger partial charge in [-0.05, 0) is 38.0 Å². The largest absolute Gasteiger partial charge is 0.452 e. The summed E-state index contributed by atoms with van der Waals surface area (Å²) >= 11 is 0. The number of aromatic nitrogens is 1. The zero-order chi connectivity index (χ0) is 22.7. The summed E-state index contributed by atoms with van der Waals surface area (Å²) in [5.74, 6) is -1.44. The molecule has 10 nitrogen and oxygen atoms in total. The standard InChI is InChI=1S/C22H22N4O6/c1-14(20(27)23-16-6-2-4-8-18(16)26(29)30)31-21(28)15-10-12-25(13-11-15)22-24-17-7-3-5-9-19(17)32-22/h2-9,14-15H,10-13H2,1H3,(H,23,27). The molecule has 0 bridgehead atoms. The van der Waals surface area contributed by atoms with Gasteiger partial charge in [-0.3, -0.25) is 19.7 Å². The number of carbonyl (C=O) groups is 2. The third-order valence-electron chi connectivity index (χ3n) is 5.40. The number of fused-ring (bicyclic) bond motifs is 1. The number of nitrogens with one attached hydrogen (secondary N) is 1. The van der Waals surface area contributed by atoms with Crippen LogP contribution in [0.3, 0.4) is 0 Å². The Morgan fingerprint density at radius 2 is 1.88 bits per heavy atom. The van der Waals surface area contributed by atoms with Crippen LogP contribution in [0.5, 0.6) is 0 Å². The summed E-state index contributed by atoms with van der Waals surface area (Å²) in [6.45, 7) is 2.59. The van der Waals surface area contributed by atoms with Crippen molar-refractivity contribution in [2.75, 3.05) is 23.3 Å². The molecule has 1 saturated heterocycles. The molecule has 1 aromatic heterocycles. The van der Waals surface area contributed by atoms with E-state index in [2.05, 4.69) is 10.3 Å². The second kappa shape index (κ2) is 9.04. The molecule has 1 amide bonds. The van der Waals surface area contributed by atoms with Gasteiger partial charge in [0.1, 0.15) is 11.2 Å². The van der Waals surface area contributed by atoms with Gasteiger partial charge in [-0.15, -0.1) is 0 Å². The number of para-hydroxylation sites is 4.